The molecular weight excluding hydrogens is 256 g/mol. The Labute approximate surface area is 132 Å². The molecule has 0 aromatic carbocycles. The first-order valence-electron chi connectivity index (χ1n) is 9.60. The number of hydrogen-bond acceptors (Lipinski definition) is 2. The van der Waals surface area contributed by atoms with Gasteiger partial charge in [0, 0.05) is 25.2 Å². The number of nitrogens with zero attached hydrogens (tertiary/aromatic N) is 1. The Kier molecular flexibility index (Phi) is 5.27. The van der Waals surface area contributed by atoms with Crippen LogP contribution in [0.1, 0.15) is 77.6 Å². The molecule has 2 nitrogen and oxygen atoms in total. The summed E-state index contributed by atoms with van der Waals surface area (Å²) >= 11 is 0. The fourth-order valence-corrected chi connectivity index (χ4v) is 4.68. The fourth-order valence-electron chi connectivity index (χ4n) is 4.68. The molecule has 2 heteroatoms. The Balaban J connectivity index is 1.54. The molecule has 0 aliphatic heterocycles. The number of nitrogens with one attached hydrogen (secondary N) is 1. The highest BCUT2D eigenvalue weighted by Gasteiger charge is 2.36. The minimum atomic E-state index is 0.582. The van der Waals surface area contributed by atoms with E-state index in [2.05, 4.69) is 24.2 Å². The predicted octanol–water partition coefficient (Wildman–Crippen LogP) is 4.20. The maximum absolute atomic E-state index is 3.86. The van der Waals surface area contributed by atoms with Gasteiger partial charge in [0.15, 0.2) is 0 Å². The predicted molar refractivity (Wildman–Crippen MR) is 90.6 cm³/mol. The van der Waals surface area contributed by atoms with Crippen molar-refractivity contribution in [3.05, 3.63) is 0 Å². The van der Waals surface area contributed by atoms with Crippen LogP contribution < -0.4 is 5.32 Å². The summed E-state index contributed by atoms with van der Waals surface area (Å²) in [6, 6.07) is 1.73. The lowest BCUT2D eigenvalue weighted by atomic mass is 9.73. The van der Waals surface area contributed by atoms with Crippen LogP contribution >= 0.6 is 0 Å². The van der Waals surface area contributed by atoms with Gasteiger partial charge in [0.2, 0.25) is 0 Å². The van der Waals surface area contributed by atoms with Crippen molar-refractivity contribution in [2.45, 2.75) is 89.6 Å². The van der Waals surface area contributed by atoms with E-state index in [4.69, 9.17) is 0 Å². The van der Waals surface area contributed by atoms with Gasteiger partial charge >= 0.3 is 0 Å². The summed E-state index contributed by atoms with van der Waals surface area (Å²) in [4.78, 5) is 2.74. The van der Waals surface area contributed by atoms with Crippen LogP contribution in [0.25, 0.3) is 0 Å². The second kappa shape index (κ2) is 7.00. The van der Waals surface area contributed by atoms with Crippen molar-refractivity contribution in [1.29, 1.82) is 0 Å². The van der Waals surface area contributed by atoms with Gasteiger partial charge in [-0.1, -0.05) is 26.2 Å². The molecule has 0 aromatic heterocycles. The smallest absolute Gasteiger partial charge is 0.00926 e. The van der Waals surface area contributed by atoms with Crippen molar-refractivity contribution in [1.82, 2.24) is 10.2 Å². The van der Waals surface area contributed by atoms with E-state index in [0.717, 1.165) is 18.0 Å². The average molecular weight is 293 g/mol. The summed E-state index contributed by atoms with van der Waals surface area (Å²) < 4.78 is 0. The molecule has 3 fully saturated rings. The Bertz CT molecular complexity index is 310. The summed E-state index contributed by atoms with van der Waals surface area (Å²) in [5.74, 6) is 0.967. The van der Waals surface area contributed by atoms with Crippen molar-refractivity contribution >= 4 is 0 Å². The molecular formula is C19H36N2. The van der Waals surface area contributed by atoms with E-state index in [9.17, 15) is 0 Å². The summed E-state index contributed by atoms with van der Waals surface area (Å²) in [6.07, 6.45) is 15.9. The van der Waals surface area contributed by atoms with Crippen LogP contribution in [0.15, 0.2) is 0 Å². The summed E-state index contributed by atoms with van der Waals surface area (Å²) in [5.41, 5.74) is 0.582. The molecule has 3 rings (SSSR count). The van der Waals surface area contributed by atoms with Gasteiger partial charge in [-0.25, -0.2) is 0 Å². The van der Waals surface area contributed by atoms with Gasteiger partial charge in [0.1, 0.15) is 0 Å². The van der Waals surface area contributed by atoms with Gasteiger partial charge in [0.25, 0.3) is 0 Å². The molecule has 0 bridgehead atoms. The standard InChI is InChI=1S/C19H36N2/c1-16-6-10-18(11-7-16)21(2)15-19(12-4-3-5-13-19)14-20-17-8-9-17/h16-18,20H,3-15H2,1-2H3. The quantitative estimate of drug-likeness (QED) is 0.789. The Morgan fingerprint density at radius 3 is 2.24 bits per heavy atom. The van der Waals surface area contributed by atoms with E-state index in [1.807, 2.05) is 0 Å². The van der Waals surface area contributed by atoms with Crippen LogP contribution in [0.2, 0.25) is 0 Å². The molecule has 0 saturated heterocycles. The van der Waals surface area contributed by atoms with Crippen LogP contribution in [0.5, 0.6) is 0 Å². The second-order valence-electron chi connectivity index (χ2n) is 8.54. The SMILES string of the molecule is CC1CCC(N(C)CC2(CNC3CC3)CCCCC2)CC1. The second-order valence-corrected chi connectivity index (χ2v) is 8.54. The molecule has 0 spiro atoms. The van der Waals surface area contributed by atoms with Gasteiger partial charge in [0.05, 0.1) is 0 Å². The number of hydrogen-bond donors (Lipinski definition) is 1. The zero-order valence-corrected chi connectivity index (χ0v) is 14.4. The topological polar surface area (TPSA) is 15.3 Å². The molecule has 122 valence electrons. The van der Waals surface area contributed by atoms with Crippen LogP contribution in [0, 0.1) is 11.3 Å². The van der Waals surface area contributed by atoms with Gasteiger partial charge in [-0.2, -0.15) is 0 Å². The molecule has 3 aliphatic rings. The van der Waals surface area contributed by atoms with Gasteiger partial charge < -0.3 is 10.2 Å². The number of rotatable bonds is 6. The van der Waals surface area contributed by atoms with Crippen molar-refractivity contribution < 1.29 is 0 Å². The molecule has 1 N–H and O–H groups in total. The highest BCUT2D eigenvalue weighted by molar-refractivity contribution is 4.92. The van der Waals surface area contributed by atoms with E-state index in [1.165, 1.54) is 83.7 Å². The Morgan fingerprint density at radius 2 is 1.62 bits per heavy atom. The first kappa shape index (κ1) is 15.8. The third-order valence-corrected chi connectivity index (χ3v) is 6.45. The average Bonchev–Trinajstić information content (AvgIpc) is 3.31. The lowest BCUT2D eigenvalue weighted by Crippen LogP contribution is -2.48. The Hall–Kier alpha value is -0.0800. The van der Waals surface area contributed by atoms with Crippen molar-refractivity contribution in [3.8, 4) is 0 Å². The van der Waals surface area contributed by atoms with Crippen molar-refractivity contribution in [2.75, 3.05) is 20.1 Å². The van der Waals surface area contributed by atoms with Crippen LogP contribution in [-0.2, 0) is 0 Å². The van der Waals surface area contributed by atoms with Crippen molar-refractivity contribution in [3.63, 3.8) is 0 Å². The van der Waals surface area contributed by atoms with Gasteiger partial charge in [-0.15, -0.1) is 0 Å². The van der Waals surface area contributed by atoms with E-state index in [0.29, 0.717) is 5.41 Å². The monoisotopic (exact) mass is 292 g/mol. The molecule has 0 radical (unpaired) electrons. The fraction of sp³-hybridized carbons (Fsp3) is 1.00. The lowest BCUT2D eigenvalue weighted by Gasteiger charge is -2.44. The minimum absolute atomic E-state index is 0.582. The van der Waals surface area contributed by atoms with E-state index >= 15 is 0 Å². The maximum atomic E-state index is 3.86. The zero-order valence-electron chi connectivity index (χ0n) is 14.4. The van der Waals surface area contributed by atoms with Gasteiger partial charge in [-0.3, -0.25) is 0 Å². The minimum Gasteiger partial charge on any atom is -0.313 e. The molecule has 0 atom stereocenters. The molecule has 0 amide bonds. The first-order valence-corrected chi connectivity index (χ1v) is 9.60. The highest BCUT2D eigenvalue weighted by Crippen LogP contribution is 2.38. The van der Waals surface area contributed by atoms with E-state index in [-0.39, 0.29) is 0 Å². The highest BCUT2D eigenvalue weighted by atomic mass is 15.1. The van der Waals surface area contributed by atoms with Crippen molar-refractivity contribution in [2.24, 2.45) is 11.3 Å². The van der Waals surface area contributed by atoms with Crippen LogP contribution in [0.4, 0.5) is 0 Å². The molecule has 21 heavy (non-hydrogen) atoms. The summed E-state index contributed by atoms with van der Waals surface area (Å²) in [7, 11) is 2.41. The van der Waals surface area contributed by atoms with E-state index in [1.54, 1.807) is 0 Å². The maximum Gasteiger partial charge on any atom is 0.00926 e. The third-order valence-electron chi connectivity index (χ3n) is 6.45. The largest absolute Gasteiger partial charge is 0.313 e. The first-order chi connectivity index (χ1) is 10.2. The summed E-state index contributed by atoms with van der Waals surface area (Å²) in [6.45, 7) is 5.05. The van der Waals surface area contributed by atoms with Crippen LogP contribution in [0.3, 0.4) is 0 Å². The lowest BCUT2D eigenvalue weighted by molar-refractivity contribution is 0.0740. The normalized spacial score (nSPS) is 33.3. The summed E-state index contributed by atoms with van der Waals surface area (Å²) in [5, 5.41) is 3.86. The molecule has 3 aliphatic carbocycles. The molecule has 0 heterocycles. The zero-order chi connectivity index (χ0) is 14.7. The van der Waals surface area contributed by atoms with E-state index < -0.39 is 0 Å². The van der Waals surface area contributed by atoms with Crippen LogP contribution in [-0.4, -0.2) is 37.1 Å². The Morgan fingerprint density at radius 1 is 0.952 bits per heavy atom. The molecule has 0 unspecified atom stereocenters. The molecule has 3 saturated carbocycles. The van der Waals surface area contributed by atoms with Gasteiger partial charge in [-0.05, 0) is 69.7 Å². The third kappa shape index (κ3) is 4.45. The molecule has 0 aromatic rings.